The summed E-state index contributed by atoms with van der Waals surface area (Å²) in [7, 11) is 0. The first kappa shape index (κ1) is 22.0. The molecule has 1 fully saturated rings. The second-order valence-corrected chi connectivity index (χ2v) is 8.46. The van der Waals surface area contributed by atoms with Crippen LogP contribution < -0.4 is 15.4 Å². The molecule has 27 heavy (non-hydrogen) atoms. The Balaban J connectivity index is 0.00000261. The van der Waals surface area contributed by atoms with Gasteiger partial charge in [0.05, 0.1) is 11.5 Å². The van der Waals surface area contributed by atoms with E-state index in [1.54, 1.807) is 0 Å². The number of ether oxygens (including phenoxy) is 1. The Hall–Kier alpha value is -1.26. The molecule has 2 heterocycles. The topological polar surface area (TPSA) is 50.4 Å². The first-order chi connectivity index (χ1) is 12.6. The SMILES string of the molecule is CC(C)C[C@H]1COc2ccccc2CCCCC2(CCNCC2)C(=O)N1.Cl. The number of halogens is 1. The Morgan fingerprint density at radius 3 is 2.63 bits per heavy atom. The quantitative estimate of drug-likeness (QED) is 0.793. The van der Waals surface area contributed by atoms with Gasteiger partial charge >= 0.3 is 0 Å². The van der Waals surface area contributed by atoms with Gasteiger partial charge in [0.15, 0.2) is 0 Å². The van der Waals surface area contributed by atoms with Crippen LogP contribution in [0.2, 0.25) is 0 Å². The van der Waals surface area contributed by atoms with Crippen LogP contribution in [0.3, 0.4) is 0 Å². The summed E-state index contributed by atoms with van der Waals surface area (Å²) in [4.78, 5) is 13.3. The third kappa shape index (κ3) is 5.86. The molecule has 1 spiro atoms. The molecular weight excluding hydrogens is 360 g/mol. The van der Waals surface area contributed by atoms with E-state index in [2.05, 4.69) is 42.7 Å². The Morgan fingerprint density at radius 2 is 1.89 bits per heavy atom. The van der Waals surface area contributed by atoms with Gasteiger partial charge in [-0.3, -0.25) is 4.79 Å². The highest BCUT2D eigenvalue weighted by Crippen LogP contribution is 2.36. The van der Waals surface area contributed by atoms with E-state index in [9.17, 15) is 4.79 Å². The molecule has 152 valence electrons. The fraction of sp³-hybridized carbons (Fsp3) is 0.682. The van der Waals surface area contributed by atoms with Gasteiger partial charge in [-0.2, -0.15) is 0 Å². The van der Waals surface area contributed by atoms with Crippen molar-refractivity contribution >= 4 is 18.3 Å². The molecule has 0 aliphatic carbocycles. The summed E-state index contributed by atoms with van der Waals surface area (Å²) in [5, 5.41) is 6.78. The van der Waals surface area contributed by atoms with E-state index < -0.39 is 0 Å². The number of hydrogen-bond donors (Lipinski definition) is 2. The first-order valence-electron chi connectivity index (χ1n) is 10.3. The third-order valence-corrected chi connectivity index (χ3v) is 5.90. The van der Waals surface area contributed by atoms with Crippen molar-refractivity contribution in [1.29, 1.82) is 0 Å². The molecule has 0 bridgehead atoms. The maximum Gasteiger partial charge on any atom is 0.226 e. The highest BCUT2D eigenvalue weighted by molar-refractivity contribution is 5.85. The van der Waals surface area contributed by atoms with Gasteiger partial charge < -0.3 is 15.4 Å². The minimum absolute atomic E-state index is 0. The predicted molar refractivity (Wildman–Crippen MR) is 113 cm³/mol. The van der Waals surface area contributed by atoms with Crippen LogP contribution >= 0.6 is 12.4 Å². The molecule has 2 aliphatic rings. The van der Waals surface area contributed by atoms with Crippen molar-refractivity contribution < 1.29 is 9.53 Å². The zero-order valence-corrected chi connectivity index (χ0v) is 17.6. The van der Waals surface area contributed by atoms with Gasteiger partial charge in [0.25, 0.3) is 0 Å². The van der Waals surface area contributed by atoms with Crippen molar-refractivity contribution in [2.24, 2.45) is 11.3 Å². The number of amides is 1. The van der Waals surface area contributed by atoms with Gasteiger partial charge in [0.2, 0.25) is 5.91 Å². The minimum Gasteiger partial charge on any atom is -0.491 e. The van der Waals surface area contributed by atoms with Crippen LogP contribution in [0.5, 0.6) is 5.75 Å². The van der Waals surface area contributed by atoms with E-state index in [1.165, 1.54) is 5.56 Å². The van der Waals surface area contributed by atoms with Gasteiger partial charge in [0.1, 0.15) is 12.4 Å². The predicted octanol–water partition coefficient (Wildman–Crippen LogP) is 4.11. The molecule has 0 unspecified atom stereocenters. The number of para-hydroxylation sites is 1. The van der Waals surface area contributed by atoms with Crippen LogP contribution in [0.25, 0.3) is 0 Å². The van der Waals surface area contributed by atoms with Crippen LogP contribution in [0, 0.1) is 11.3 Å². The zero-order chi connectivity index (χ0) is 18.4. The number of benzene rings is 1. The molecule has 1 aromatic carbocycles. The van der Waals surface area contributed by atoms with Crippen molar-refractivity contribution in [2.75, 3.05) is 19.7 Å². The van der Waals surface area contributed by atoms with E-state index in [-0.39, 0.29) is 29.8 Å². The molecule has 2 aliphatic heterocycles. The van der Waals surface area contributed by atoms with Crippen molar-refractivity contribution in [2.45, 2.75) is 64.8 Å². The molecule has 1 atom stereocenters. The normalized spacial score (nSPS) is 23.2. The second kappa shape index (κ2) is 10.3. The average molecular weight is 395 g/mol. The van der Waals surface area contributed by atoms with Crippen LogP contribution in [0.4, 0.5) is 0 Å². The first-order valence-corrected chi connectivity index (χ1v) is 10.3. The summed E-state index contributed by atoms with van der Waals surface area (Å²) < 4.78 is 6.17. The van der Waals surface area contributed by atoms with Crippen molar-refractivity contribution in [3.8, 4) is 5.75 Å². The van der Waals surface area contributed by atoms with Crippen molar-refractivity contribution in [3.05, 3.63) is 29.8 Å². The van der Waals surface area contributed by atoms with Gasteiger partial charge in [-0.25, -0.2) is 0 Å². The van der Waals surface area contributed by atoms with Gasteiger partial charge in [0, 0.05) is 0 Å². The lowest BCUT2D eigenvalue weighted by Gasteiger charge is -2.38. The number of carbonyl (C=O) groups excluding carboxylic acids is 1. The fourth-order valence-corrected chi connectivity index (χ4v) is 4.39. The van der Waals surface area contributed by atoms with Crippen molar-refractivity contribution in [3.63, 3.8) is 0 Å². The highest BCUT2D eigenvalue weighted by Gasteiger charge is 2.39. The maximum absolute atomic E-state index is 13.3. The molecule has 1 amide bonds. The smallest absolute Gasteiger partial charge is 0.226 e. The Bertz CT molecular complexity index is 600. The Labute approximate surface area is 170 Å². The summed E-state index contributed by atoms with van der Waals surface area (Å²) in [6.45, 7) is 6.85. The summed E-state index contributed by atoms with van der Waals surface area (Å²) in [6, 6.07) is 8.43. The average Bonchev–Trinajstić information content (AvgIpc) is 2.63. The monoisotopic (exact) mass is 394 g/mol. The molecule has 0 radical (unpaired) electrons. The zero-order valence-electron chi connectivity index (χ0n) is 16.8. The summed E-state index contributed by atoms with van der Waals surface area (Å²) in [6.07, 6.45) is 7.07. The molecule has 2 N–H and O–H groups in total. The number of fused-ring (bicyclic) bond motifs is 1. The van der Waals surface area contributed by atoms with Gasteiger partial charge in [-0.05, 0) is 69.2 Å². The molecule has 1 saturated heterocycles. The van der Waals surface area contributed by atoms with E-state index in [0.29, 0.717) is 12.5 Å². The third-order valence-electron chi connectivity index (χ3n) is 5.90. The lowest BCUT2D eigenvalue weighted by Crippen LogP contribution is -2.51. The van der Waals surface area contributed by atoms with Crippen LogP contribution in [-0.4, -0.2) is 31.6 Å². The molecular formula is C22H35ClN2O2. The number of hydrogen-bond acceptors (Lipinski definition) is 3. The number of carbonyl (C=O) groups is 1. The second-order valence-electron chi connectivity index (χ2n) is 8.46. The molecule has 3 rings (SSSR count). The summed E-state index contributed by atoms with van der Waals surface area (Å²) >= 11 is 0. The fourth-order valence-electron chi connectivity index (χ4n) is 4.39. The standard InChI is InChI=1S/C22H34N2O2.ClH/c1-17(2)15-19-16-26-20-9-4-3-7-18(20)8-5-6-10-22(21(25)24-19)11-13-23-14-12-22;/h3-4,7,9,17,19,23H,5-6,8,10-16H2,1-2H3,(H,24,25);1H/t19-;/m0./s1. The summed E-state index contributed by atoms with van der Waals surface area (Å²) in [5.74, 6) is 1.76. The lowest BCUT2D eigenvalue weighted by molar-refractivity contribution is -0.134. The number of rotatable bonds is 2. The highest BCUT2D eigenvalue weighted by atomic mass is 35.5. The number of nitrogens with one attached hydrogen (secondary N) is 2. The number of aryl methyl sites for hydroxylation is 1. The van der Waals surface area contributed by atoms with Crippen LogP contribution in [0.1, 0.15) is 57.9 Å². The van der Waals surface area contributed by atoms with E-state index in [0.717, 1.165) is 63.8 Å². The summed E-state index contributed by atoms with van der Waals surface area (Å²) in [5.41, 5.74) is 1.10. The maximum atomic E-state index is 13.3. The minimum atomic E-state index is -0.195. The Morgan fingerprint density at radius 1 is 1.15 bits per heavy atom. The Kier molecular flexibility index (Phi) is 8.43. The lowest BCUT2D eigenvalue weighted by atomic mass is 9.73. The largest absolute Gasteiger partial charge is 0.491 e. The van der Waals surface area contributed by atoms with E-state index in [4.69, 9.17) is 4.74 Å². The molecule has 1 aromatic rings. The van der Waals surface area contributed by atoms with Crippen LogP contribution in [-0.2, 0) is 11.2 Å². The van der Waals surface area contributed by atoms with Gasteiger partial charge in [-0.15, -0.1) is 12.4 Å². The van der Waals surface area contributed by atoms with E-state index in [1.807, 2.05) is 6.07 Å². The van der Waals surface area contributed by atoms with E-state index >= 15 is 0 Å². The van der Waals surface area contributed by atoms with Gasteiger partial charge in [-0.1, -0.05) is 38.5 Å². The molecule has 5 heteroatoms. The number of piperidine rings is 1. The molecule has 4 nitrogen and oxygen atoms in total. The van der Waals surface area contributed by atoms with Crippen LogP contribution in [0.15, 0.2) is 24.3 Å². The van der Waals surface area contributed by atoms with Crippen molar-refractivity contribution in [1.82, 2.24) is 10.6 Å². The molecule has 0 saturated carbocycles. The molecule has 0 aromatic heterocycles.